The monoisotopic (exact) mass is 638 g/mol. The highest BCUT2D eigenvalue weighted by molar-refractivity contribution is 8.00. The van der Waals surface area contributed by atoms with E-state index in [1.807, 2.05) is 6.07 Å². The van der Waals surface area contributed by atoms with Gasteiger partial charge in [-0.3, -0.25) is 14.4 Å². The fourth-order valence-electron chi connectivity index (χ4n) is 5.16. The first kappa shape index (κ1) is 31.8. The molecule has 2 heterocycles. The third-order valence-electron chi connectivity index (χ3n) is 7.68. The predicted molar refractivity (Wildman–Crippen MR) is 179 cm³/mol. The highest BCUT2D eigenvalue weighted by atomic mass is 32.2. The number of hydrogen-bond acceptors (Lipinski definition) is 7. The maximum atomic E-state index is 13.3. The van der Waals surface area contributed by atoms with Gasteiger partial charge in [0.25, 0.3) is 11.8 Å². The molecule has 1 atom stereocenters. The van der Waals surface area contributed by atoms with Gasteiger partial charge in [-0.1, -0.05) is 45.0 Å². The normalized spacial score (nSPS) is 14.6. The van der Waals surface area contributed by atoms with Crippen molar-refractivity contribution in [3.63, 3.8) is 0 Å². The van der Waals surface area contributed by atoms with E-state index in [-0.39, 0.29) is 22.8 Å². The van der Waals surface area contributed by atoms with Gasteiger partial charge in [0.1, 0.15) is 22.5 Å². The number of carbonyl (C=O) groups excluding carboxylic acids is 3. The molecule has 0 fully saturated rings. The second-order valence-corrected chi connectivity index (χ2v) is 14.0. The number of carbonyl (C=O) groups is 3. The van der Waals surface area contributed by atoms with Crippen molar-refractivity contribution >= 4 is 57.6 Å². The minimum Gasteiger partial charge on any atom is -0.465 e. The van der Waals surface area contributed by atoms with Gasteiger partial charge in [0.05, 0.1) is 17.6 Å². The number of furan rings is 1. The fraction of sp³-hybridized carbons (Fsp3) is 0.257. The molecular formula is C35H34N4O4S2. The standard InChI is InChI=1S/C35H34N4O4S2/c1-35(2,3)23-14-15-27-28(20-36)34(45-30(27)17-23)39-31(40)21-44-26-13-7-11-24(18-26)37-33(42)29(19-25-12-8-16-43-25)38-32(41)22-9-5-4-6-10-22/h4-13,16,18-19,23H,14-15,17,21H2,1-3H3,(H,37,42)(H,38,41)(H,39,40)/b29-19-. The molecule has 5 rings (SSSR count). The third-order valence-corrected chi connectivity index (χ3v) is 9.84. The second kappa shape index (κ2) is 14.0. The molecule has 0 bridgehead atoms. The number of thiophene rings is 1. The molecule has 4 aromatic rings. The summed E-state index contributed by atoms with van der Waals surface area (Å²) >= 11 is 2.84. The molecular weight excluding hydrogens is 605 g/mol. The maximum Gasteiger partial charge on any atom is 0.272 e. The van der Waals surface area contributed by atoms with E-state index in [0.29, 0.717) is 33.5 Å². The Morgan fingerprint density at radius 2 is 1.87 bits per heavy atom. The van der Waals surface area contributed by atoms with Crippen LogP contribution in [0.15, 0.2) is 88.0 Å². The van der Waals surface area contributed by atoms with Crippen LogP contribution in [0.4, 0.5) is 10.7 Å². The molecule has 0 saturated heterocycles. The minimum atomic E-state index is -0.532. The minimum absolute atomic E-state index is 0.0111. The molecule has 8 nitrogen and oxygen atoms in total. The molecule has 1 aliphatic rings. The molecule has 3 N–H and O–H groups in total. The zero-order valence-electron chi connectivity index (χ0n) is 25.3. The topological polar surface area (TPSA) is 124 Å². The number of benzene rings is 2. The summed E-state index contributed by atoms with van der Waals surface area (Å²) in [6, 6.07) is 21.4. The van der Waals surface area contributed by atoms with Crippen LogP contribution in [0.1, 0.15) is 59.3 Å². The number of amides is 3. The van der Waals surface area contributed by atoms with E-state index in [0.717, 1.165) is 29.7 Å². The summed E-state index contributed by atoms with van der Waals surface area (Å²) in [5.74, 6) is -0.0900. The van der Waals surface area contributed by atoms with Gasteiger partial charge in [-0.05, 0) is 78.6 Å². The molecule has 2 aromatic carbocycles. The van der Waals surface area contributed by atoms with E-state index in [1.54, 1.807) is 60.7 Å². The van der Waals surface area contributed by atoms with Crippen molar-refractivity contribution in [2.75, 3.05) is 16.4 Å². The summed E-state index contributed by atoms with van der Waals surface area (Å²) in [5.41, 5.74) is 2.77. The second-order valence-electron chi connectivity index (χ2n) is 11.8. The number of anilines is 2. The van der Waals surface area contributed by atoms with E-state index in [1.165, 1.54) is 40.3 Å². The van der Waals surface area contributed by atoms with Gasteiger partial charge in [0, 0.05) is 27.1 Å². The van der Waals surface area contributed by atoms with Crippen molar-refractivity contribution in [3.05, 3.63) is 106 Å². The Labute approximate surface area is 270 Å². The average molecular weight is 639 g/mol. The molecule has 3 amide bonds. The molecule has 45 heavy (non-hydrogen) atoms. The molecule has 0 saturated carbocycles. The van der Waals surface area contributed by atoms with E-state index < -0.39 is 11.8 Å². The molecule has 230 valence electrons. The SMILES string of the molecule is CC(C)(C)C1CCc2c(sc(NC(=O)CSc3cccc(NC(=O)/C(=C/c4ccco4)NC(=O)c4ccccc4)c3)c2C#N)C1. The van der Waals surface area contributed by atoms with Gasteiger partial charge in [0.2, 0.25) is 5.91 Å². The first-order chi connectivity index (χ1) is 21.6. The van der Waals surface area contributed by atoms with Crippen molar-refractivity contribution in [1.29, 1.82) is 5.26 Å². The lowest BCUT2D eigenvalue weighted by Gasteiger charge is -2.33. The van der Waals surface area contributed by atoms with Crippen LogP contribution in [0.5, 0.6) is 0 Å². The van der Waals surface area contributed by atoms with Gasteiger partial charge in [-0.15, -0.1) is 23.1 Å². The molecule has 0 spiro atoms. The molecule has 10 heteroatoms. The van der Waals surface area contributed by atoms with Crippen molar-refractivity contribution in [2.45, 2.75) is 44.9 Å². The van der Waals surface area contributed by atoms with Gasteiger partial charge < -0.3 is 20.4 Å². The molecule has 2 aromatic heterocycles. The van der Waals surface area contributed by atoms with Gasteiger partial charge >= 0.3 is 0 Å². The Balaban J connectivity index is 1.22. The molecule has 1 unspecified atom stereocenters. The van der Waals surface area contributed by atoms with E-state index in [9.17, 15) is 19.6 Å². The third kappa shape index (κ3) is 8.12. The summed E-state index contributed by atoms with van der Waals surface area (Å²) in [4.78, 5) is 41.0. The van der Waals surface area contributed by atoms with Crippen LogP contribution in [0.3, 0.4) is 0 Å². The Morgan fingerprint density at radius 3 is 2.58 bits per heavy atom. The highest BCUT2D eigenvalue weighted by Gasteiger charge is 2.32. The van der Waals surface area contributed by atoms with E-state index in [4.69, 9.17) is 4.42 Å². The van der Waals surface area contributed by atoms with Gasteiger partial charge in [-0.2, -0.15) is 5.26 Å². The van der Waals surface area contributed by atoms with E-state index in [2.05, 4.69) is 42.8 Å². The molecule has 0 aliphatic heterocycles. The number of thioether (sulfide) groups is 1. The summed E-state index contributed by atoms with van der Waals surface area (Å²) in [5, 5.41) is 19.0. The van der Waals surface area contributed by atoms with Crippen LogP contribution in [0.2, 0.25) is 0 Å². The Morgan fingerprint density at radius 1 is 1.07 bits per heavy atom. The van der Waals surface area contributed by atoms with Crippen LogP contribution in [0.25, 0.3) is 6.08 Å². The number of nitrogens with one attached hydrogen (secondary N) is 3. The number of rotatable bonds is 9. The van der Waals surface area contributed by atoms with Crippen molar-refractivity contribution in [3.8, 4) is 6.07 Å². The fourth-order valence-corrected chi connectivity index (χ4v) is 7.21. The van der Waals surface area contributed by atoms with Gasteiger partial charge in [0.15, 0.2) is 0 Å². The lowest BCUT2D eigenvalue weighted by atomic mass is 9.72. The summed E-state index contributed by atoms with van der Waals surface area (Å²) in [7, 11) is 0. The predicted octanol–water partition coefficient (Wildman–Crippen LogP) is 7.50. The lowest BCUT2D eigenvalue weighted by molar-refractivity contribution is -0.114. The van der Waals surface area contributed by atoms with E-state index >= 15 is 0 Å². The average Bonchev–Trinajstić information content (AvgIpc) is 3.66. The number of nitrogens with zero attached hydrogens (tertiary/aromatic N) is 1. The Bertz CT molecular complexity index is 1760. The molecule has 1 aliphatic carbocycles. The summed E-state index contributed by atoms with van der Waals surface area (Å²) in [6.07, 6.45) is 5.76. The lowest BCUT2D eigenvalue weighted by Crippen LogP contribution is -2.30. The van der Waals surface area contributed by atoms with Crippen LogP contribution in [-0.4, -0.2) is 23.5 Å². The number of hydrogen-bond donors (Lipinski definition) is 3. The maximum absolute atomic E-state index is 13.3. The molecule has 0 radical (unpaired) electrons. The van der Waals surface area contributed by atoms with Crippen molar-refractivity contribution in [2.24, 2.45) is 11.3 Å². The largest absolute Gasteiger partial charge is 0.465 e. The Hall–Kier alpha value is -4.59. The first-order valence-corrected chi connectivity index (χ1v) is 16.4. The first-order valence-electron chi connectivity index (χ1n) is 14.6. The van der Waals surface area contributed by atoms with Gasteiger partial charge in [-0.25, -0.2) is 0 Å². The smallest absolute Gasteiger partial charge is 0.272 e. The van der Waals surface area contributed by atoms with Crippen LogP contribution in [-0.2, 0) is 22.4 Å². The zero-order chi connectivity index (χ0) is 32.0. The number of fused-ring (bicyclic) bond motifs is 1. The quantitative estimate of drug-likeness (QED) is 0.129. The summed E-state index contributed by atoms with van der Waals surface area (Å²) < 4.78 is 5.36. The van der Waals surface area contributed by atoms with Crippen LogP contribution < -0.4 is 16.0 Å². The summed E-state index contributed by atoms with van der Waals surface area (Å²) in [6.45, 7) is 6.76. The zero-order valence-corrected chi connectivity index (χ0v) is 26.9. The highest BCUT2D eigenvalue weighted by Crippen LogP contribution is 2.44. The van der Waals surface area contributed by atoms with Crippen molar-refractivity contribution in [1.82, 2.24) is 5.32 Å². The number of nitriles is 1. The Kier molecular flexibility index (Phi) is 9.91. The van der Waals surface area contributed by atoms with Crippen LogP contribution >= 0.6 is 23.1 Å². The van der Waals surface area contributed by atoms with Crippen LogP contribution in [0, 0.1) is 22.7 Å². The van der Waals surface area contributed by atoms with Crippen molar-refractivity contribution < 1.29 is 18.8 Å².